The molecule has 0 fully saturated rings. The number of carboxylic acids is 1. The third-order valence-electron chi connectivity index (χ3n) is 3.57. The first kappa shape index (κ1) is 14.8. The van der Waals surface area contributed by atoms with Crippen molar-refractivity contribution >= 4 is 5.97 Å². The highest BCUT2D eigenvalue weighted by Crippen LogP contribution is 2.24. The summed E-state index contributed by atoms with van der Waals surface area (Å²) in [6.07, 6.45) is 0. The number of aromatic nitrogens is 2. The zero-order valence-corrected chi connectivity index (χ0v) is 12.9. The van der Waals surface area contributed by atoms with Crippen LogP contribution in [0, 0.1) is 6.92 Å². The molecule has 0 aliphatic carbocycles. The van der Waals surface area contributed by atoms with Gasteiger partial charge in [0, 0.05) is 11.6 Å². The third kappa shape index (κ3) is 2.94. The van der Waals surface area contributed by atoms with E-state index in [1.807, 2.05) is 31.2 Å². The number of nitrogens with zero attached hydrogens (tertiary/aromatic N) is 2. The number of hydrogen-bond acceptors (Lipinski definition) is 3. The number of rotatable bonds is 4. The fraction of sp³-hybridized carbons (Fsp3) is 0.111. The van der Waals surface area contributed by atoms with Gasteiger partial charge >= 0.3 is 5.97 Å². The topological polar surface area (TPSA) is 64.4 Å². The molecule has 0 bridgehead atoms. The summed E-state index contributed by atoms with van der Waals surface area (Å²) >= 11 is 0. The maximum absolute atomic E-state index is 11.6. The van der Waals surface area contributed by atoms with Gasteiger partial charge in [-0.15, -0.1) is 0 Å². The Balaban J connectivity index is 2.12. The number of carboxylic acid groups (broad SMARTS) is 1. The van der Waals surface area contributed by atoms with Crippen LogP contribution in [0.3, 0.4) is 0 Å². The predicted molar refractivity (Wildman–Crippen MR) is 87.2 cm³/mol. The molecule has 0 saturated heterocycles. The van der Waals surface area contributed by atoms with Crippen LogP contribution < -0.4 is 4.74 Å². The number of carbonyl (C=O) groups is 1. The van der Waals surface area contributed by atoms with Gasteiger partial charge in [0.05, 0.1) is 18.5 Å². The molecule has 5 nitrogen and oxygen atoms in total. The highest BCUT2D eigenvalue weighted by molar-refractivity contribution is 5.88. The molecule has 1 aromatic heterocycles. The van der Waals surface area contributed by atoms with Crippen LogP contribution in [0.5, 0.6) is 5.75 Å². The molecule has 5 heteroatoms. The number of benzene rings is 2. The molecule has 0 amide bonds. The lowest BCUT2D eigenvalue weighted by atomic mass is 10.1. The molecule has 0 unspecified atom stereocenters. The first-order chi connectivity index (χ1) is 11.1. The van der Waals surface area contributed by atoms with Crippen molar-refractivity contribution < 1.29 is 14.6 Å². The van der Waals surface area contributed by atoms with Gasteiger partial charge in [-0.25, -0.2) is 9.48 Å². The van der Waals surface area contributed by atoms with E-state index in [1.165, 1.54) is 4.68 Å². The van der Waals surface area contributed by atoms with E-state index in [2.05, 4.69) is 5.10 Å². The minimum Gasteiger partial charge on any atom is -0.497 e. The highest BCUT2D eigenvalue weighted by atomic mass is 16.5. The SMILES string of the molecule is COc1cccc(-n2nc(-c3ccc(C)cc3)cc2C(=O)O)c1. The summed E-state index contributed by atoms with van der Waals surface area (Å²) in [6, 6.07) is 16.5. The molecule has 1 N–H and O–H groups in total. The lowest BCUT2D eigenvalue weighted by molar-refractivity contribution is 0.0687. The summed E-state index contributed by atoms with van der Waals surface area (Å²) in [7, 11) is 1.57. The van der Waals surface area contributed by atoms with E-state index in [9.17, 15) is 9.90 Å². The second kappa shape index (κ2) is 5.96. The van der Waals surface area contributed by atoms with Gasteiger partial charge in [-0.1, -0.05) is 35.9 Å². The van der Waals surface area contributed by atoms with Gasteiger partial charge in [0.2, 0.25) is 0 Å². The lowest BCUT2D eigenvalue weighted by Gasteiger charge is -2.06. The minimum absolute atomic E-state index is 0.105. The van der Waals surface area contributed by atoms with E-state index in [0.717, 1.165) is 11.1 Å². The van der Waals surface area contributed by atoms with Crippen LogP contribution in [-0.2, 0) is 0 Å². The van der Waals surface area contributed by atoms with Crippen LogP contribution in [0.2, 0.25) is 0 Å². The number of aromatic carboxylic acids is 1. The number of aryl methyl sites for hydroxylation is 1. The fourth-order valence-electron chi connectivity index (χ4n) is 2.34. The summed E-state index contributed by atoms with van der Waals surface area (Å²) in [5.41, 5.74) is 3.37. The summed E-state index contributed by atoms with van der Waals surface area (Å²) < 4.78 is 6.61. The smallest absolute Gasteiger partial charge is 0.354 e. The van der Waals surface area contributed by atoms with Crippen molar-refractivity contribution in [3.8, 4) is 22.7 Å². The Kier molecular flexibility index (Phi) is 3.85. The minimum atomic E-state index is -1.03. The zero-order chi connectivity index (χ0) is 16.4. The maximum Gasteiger partial charge on any atom is 0.354 e. The molecular weight excluding hydrogens is 292 g/mol. The van der Waals surface area contributed by atoms with Gasteiger partial charge in [-0.3, -0.25) is 0 Å². The Bertz CT molecular complexity index is 851. The Hall–Kier alpha value is -3.08. The van der Waals surface area contributed by atoms with Gasteiger partial charge in [0.25, 0.3) is 0 Å². The molecule has 3 aromatic rings. The fourth-order valence-corrected chi connectivity index (χ4v) is 2.34. The van der Waals surface area contributed by atoms with Crippen LogP contribution in [-0.4, -0.2) is 28.0 Å². The Morgan fingerprint density at radius 2 is 1.87 bits per heavy atom. The Morgan fingerprint density at radius 3 is 2.52 bits per heavy atom. The summed E-state index contributed by atoms with van der Waals surface area (Å²) in [5.74, 6) is -0.384. The van der Waals surface area contributed by atoms with E-state index in [4.69, 9.17) is 4.74 Å². The molecule has 2 aromatic carbocycles. The van der Waals surface area contributed by atoms with Crippen LogP contribution in [0.25, 0.3) is 16.9 Å². The van der Waals surface area contributed by atoms with Gasteiger partial charge < -0.3 is 9.84 Å². The van der Waals surface area contributed by atoms with Crippen molar-refractivity contribution in [2.45, 2.75) is 6.92 Å². The molecule has 0 aliphatic heterocycles. The first-order valence-electron chi connectivity index (χ1n) is 7.13. The molecule has 0 saturated carbocycles. The lowest BCUT2D eigenvalue weighted by Crippen LogP contribution is -2.07. The molecule has 3 rings (SSSR count). The van der Waals surface area contributed by atoms with Crippen molar-refractivity contribution in [1.82, 2.24) is 9.78 Å². The summed E-state index contributed by atoms with van der Waals surface area (Å²) in [5, 5.41) is 13.9. The van der Waals surface area contributed by atoms with Crippen molar-refractivity contribution in [2.75, 3.05) is 7.11 Å². The average Bonchev–Trinajstić information content (AvgIpc) is 3.01. The number of methoxy groups -OCH3 is 1. The van der Waals surface area contributed by atoms with Crippen molar-refractivity contribution in [3.05, 3.63) is 65.9 Å². The van der Waals surface area contributed by atoms with Gasteiger partial charge in [-0.2, -0.15) is 5.10 Å². The third-order valence-corrected chi connectivity index (χ3v) is 3.57. The summed E-state index contributed by atoms with van der Waals surface area (Å²) in [4.78, 5) is 11.6. The van der Waals surface area contributed by atoms with E-state index in [0.29, 0.717) is 17.1 Å². The Labute approximate surface area is 133 Å². The number of ether oxygens (including phenoxy) is 1. The molecule has 0 atom stereocenters. The first-order valence-corrected chi connectivity index (χ1v) is 7.13. The summed E-state index contributed by atoms with van der Waals surface area (Å²) in [6.45, 7) is 2.00. The van der Waals surface area contributed by atoms with Crippen molar-refractivity contribution in [1.29, 1.82) is 0 Å². The molecule has 0 spiro atoms. The Morgan fingerprint density at radius 1 is 1.13 bits per heavy atom. The van der Waals surface area contributed by atoms with Gasteiger partial charge in [0.1, 0.15) is 5.75 Å². The molecule has 116 valence electrons. The number of hydrogen-bond donors (Lipinski definition) is 1. The second-order valence-electron chi connectivity index (χ2n) is 5.20. The van der Waals surface area contributed by atoms with Crippen LogP contribution in [0.1, 0.15) is 16.1 Å². The largest absolute Gasteiger partial charge is 0.497 e. The molecule has 0 aliphatic rings. The molecule has 23 heavy (non-hydrogen) atoms. The monoisotopic (exact) mass is 308 g/mol. The highest BCUT2D eigenvalue weighted by Gasteiger charge is 2.17. The van der Waals surface area contributed by atoms with Crippen LogP contribution in [0.4, 0.5) is 0 Å². The second-order valence-corrected chi connectivity index (χ2v) is 5.20. The van der Waals surface area contributed by atoms with Gasteiger partial charge in [0.15, 0.2) is 5.69 Å². The molecule has 0 radical (unpaired) electrons. The van der Waals surface area contributed by atoms with Crippen molar-refractivity contribution in [3.63, 3.8) is 0 Å². The molecule has 1 heterocycles. The molecular formula is C18H16N2O3. The van der Waals surface area contributed by atoms with Gasteiger partial charge in [-0.05, 0) is 25.1 Å². The zero-order valence-electron chi connectivity index (χ0n) is 12.9. The van der Waals surface area contributed by atoms with Crippen LogP contribution >= 0.6 is 0 Å². The van der Waals surface area contributed by atoms with Crippen LogP contribution in [0.15, 0.2) is 54.6 Å². The van der Waals surface area contributed by atoms with E-state index >= 15 is 0 Å². The van der Waals surface area contributed by atoms with Crippen molar-refractivity contribution in [2.24, 2.45) is 0 Å². The predicted octanol–water partition coefficient (Wildman–Crippen LogP) is 3.55. The average molecular weight is 308 g/mol. The van der Waals surface area contributed by atoms with E-state index in [-0.39, 0.29) is 5.69 Å². The quantitative estimate of drug-likeness (QED) is 0.800. The maximum atomic E-state index is 11.6. The normalized spacial score (nSPS) is 10.5. The van der Waals surface area contributed by atoms with E-state index in [1.54, 1.807) is 37.4 Å². The standard InChI is InChI=1S/C18H16N2O3/c1-12-6-8-13(9-7-12)16-11-17(18(21)22)20(19-16)14-4-3-5-15(10-14)23-2/h3-11H,1-2H3,(H,21,22). The van der Waals surface area contributed by atoms with E-state index < -0.39 is 5.97 Å².